The predicted molar refractivity (Wildman–Crippen MR) is 97.0 cm³/mol. The van der Waals surface area contributed by atoms with Gasteiger partial charge in [-0.1, -0.05) is 59.9 Å². The number of benzene rings is 3. The standard InChI is InChI=1S/C19H16N2OS/c22-17(15-10-9-13-5-1-2-6-14(13)11-15)12-20-19-21-16-7-3-4-8-18(16)23-19/h1-11,17,22H,12H2,(H,20,21)/t17-/m0/s1. The molecule has 0 aliphatic carbocycles. The second-order valence-electron chi connectivity index (χ2n) is 5.49. The number of hydrogen-bond donors (Lipinski definition) is 2. The van der Waals surface area contributed by atoms with Crippen molar-refractivity contribution in [2.75, 3.05) is 11.9 Å². The molecular weight excluding hydrogens is 304 g/mol. The van der Waals surface area contributed by atoms with Gasteiger partial charge in [-0.25, -0.2) is 4.98 Å². The van der Waals surface area contributed by atoms with E-state index >= 15 is 0 Å². The fraction of sp³-hybridized carbons (Fsp3) is 0.105. The van der Waals surface area contributed by atoms with Gasteiger partial charge in [0.15, 0.2) is 5.13 Å². The Bertz CT molecular complexity index is 931. The van der Waals surface area contributed by atoms with Crippen molar-refractivity contribution in [3.05, 3.63) is 72.3 Å². The van der Waals surface area contributed by atoms with E-state index in [0.717, 1.165) is 26.3 Å². The Hall–Kier alpha value is -2.43. The zero-order valence-electron chi connectivity index (χ0n) is 12.4. The highest BCUT2D eigenvalue weighted by molar-refractivity contribution is 7.22. The van der Waals surface area contributed by atoms with Gasteiger partial charge in [0.1, 0.15) is 0 Å². The number of para-hydroxylation sites is 1. The molecule has 0 saturated carbocycles. The van der Waals surface area contributed by atoms with E-state index in [1.54, 1.807) is 11.3 Å². The molecular formula is C19H16N2OS. The van der Waals surface area contributed by atoms with Gasteiger partial charge in [0, 0.05) is 6.54 Å². The lowest BCUT2D eigenvalue weighted by Crippen LogP contribution is -2.11. The van der Waals surface area contributed by atoms with E-state index in [0.29, 0.717) is 6.54 Å². The van der Waals surface area contributed by atoms with E-state index in [2.05, 4.69) is 28.5 Å². The van der Waals surface area contributed by atoms with Gasteiger partial charge in [-0.05, 0) is 34.5 Å². The second-order valence-corrected chi connectivity index (χ2v) is 6.52. The number of aliphatic hydroxyl groups excluding tert-OH is 1. The molecule has 0 saturated heterocycles. The monoisotopic (exact) mass is 320 g/mol. The number of nitrogens with one attached hydrogen (secondary N) is 1. The van der Waals surface area contributed by atoms with E-state index in [1.807, 2.05) is 48.5 Å². The summed E-state index contributed by atoms with van der Waals surface area (Å²) in [4.78, 5) is 4.52. The summed E-state index contributed by atoms with van der Waals surface area (Å²) >= 11 is 1.60. The number of aliphatic hydroxyl groups is 1. The van der Waals surface area contributed by atoms with Gasteiger partial charge in [0.05, 0.1) is 16.3 Å². The number of nitrogens with zero attached hydrogens (tertiary/aromatic N) is 1. The van der Waals surface area contributed by atoms with Gasteiger partial charge in [-0.2, -0.15) is 0 Å². The molecule has 0 bridgehead atoms. The average molecular weight is 320 g/mol. The normalized spacial score (nSPS) is 12.6. The molecule has 1 atom stereocenters. The van der Waals surface area contributed by atoms with Crippen molar-refractivity contribution in [2.24, 2.45) is 0 Å². The van der Waals surface area contributed by atoms with Crippen molar-refractivity contribution in [1.82, 2.24) is 4.98 Å². The summed E-state index contributed by atoms with van der Waals surface area (Å²) in [5.74, 6) is 0. The number of thiazole rings is 1. The first-order valence-electron chi connectivity index (χ1n) is 7.56. The van der Waals surface area contributed by atoms with Gasteiger partial charge in [0.25, 0.3) is 0 Å². The molecule has 4 heteroatoms. The van der Waals surface area contributed by atoms with Crippen LogP contribution in [0.5, 0.6) is 0 Å². The van der Waals surface area contributed by atoms with Gasteiger partial charge in [0.2, 0.25) is 0 Å². The third-order valence-electron chi connectivity index (χ3n) is 3.90. The zero-order chi connectivity index (χ0) is 15.6. The minimum atomic E-state index is -0.563. The van der Waals surface area contributed by atoms with Crippen LogP contribution in [0.3, 0.4) is 0 Å². The number of fused-ring (bicyclic) bond motifs is 2. The molecule has 0 aliphatic rings. The number of anilines is 1. The summed E-state index contributed by atoms with van der Waals surface area (Å²) in [6, 6.07) is 22.3. The minimum Gasteiger partial charge on any atom is -0.387 e. The summed E-state index contributed by atoms with van der Waals surface area (Å²) in [6.45, 7) is 0.443. The Kier molecular flexibility index (Phi) is 3.69. The molecule has 0 aliphatic heterocycles. The molecule has 1 aromatic heterocycles. The van der Waals surface area contributed by atoms with Gasteiger partial charge in [-0.3, -0.25) is 0 Å². The van der Waals surface area contributed by atoms with Crippen molar-refractivity contribution in [1.29, 1.82) is 0 Å². The number of hydrogen-bond acceptors (Lipinski definition) is 4. The fourth-order valence-electron chi connectivity index (χ4n) is 2.66. The molecule has 0 fully saturated rings. The largest absolute Gasteiger partial charge is 0.387 e. The molecule has 3 nitrogen and oxygen atoms in total. The number of aromatic nitrogens is 1. The summed E-state index contributed by atoms with van der Waals surface area (Å²) < 4.78 is 1.15. The minimum absolute atomic E-state index is 0.443. The van der Waals surface area contributed by atoms with Gasteiger partial charge >= 0.3 is 0 Å². The molecule has 4 aromatic rings. The van der Waals surface area contributed by atoms with Crippen LogP contribution in [0, 0.1) is 0 Å². The molecule has 0 radical (unpaired) electrons. The molecule has 0 amide bonds. The molecule has 1 heterocycles. The van der Waals surface area contributed by atoms with Crippen molar-refractivity contribution >= 4 is 37.5 Å². The van der Waals surface area contributed by atoms with Crippen LogP contribution in [-0.4, -0.2) is 16.6 Å². The molecule has 114 valence electrons. The third-order valence-corrected chi connectivity index (χ3v) is 4.89. The van der Waals surface area contributed by atoms with Crippen LogP contribution < -0.4 is 5.32 Å². The summed E-state index contributed by atoms with van der Waals surface area (Å²) in [5.41, 5.74) is 1.90. The van der Waals surface area contributed by atoms with E-state index in [4.69, 9.17) is 0 Å². The molecule has 2 N–H and O–H groups in total. The van der Waals surface area contributed by atoms with E-state index in [-0.39, 0.29) is 0 Å². The lowest BCUT2D eigenvalue weighted by atomic mass is 10.0. The smallest absolute Gasteiger partial charge is 0.183 e. The predicted octanol–water partition coefficient (Wildman–Crippen LogP) is 4.60. The SMILES string of the molecule is O[C@@H](CNc1nc2ccccc2s1)c1ccc2ccccc2c1. The van der Waals surface area contributed by atoms with Gasteiger partial charge < -0.3 is 10.4 Å². The second kappa shape index (κ2) is 5.99. The van der Waals surface area contributed by atoms with Crippen molar-refractivity contribution in [3.8, 4) is 0 Å². The Labute approximate surface area is 138 Å². The highest BCUT2D eigenvalue weighted by atomic mass is 32.1. The van der Waals surface area contributed by atoms with Gasteiger partial charge in [-0.15, -0.1) is 0 Å². The summed E-state index contributed by atoms with van der Waals surface area (Å²) in [5, 5.41) is 16.8. The Morgan fingerprint density at radius 3 is 2.61 bits per heavy atom. The van der Waals surface area contributed by atoms with Crippen LogP contribution in [0.25, 0.3) is 21.0 Å². The lowest BCUT2D eigenvalue weighted by Gasteiger charge is -2.12. The lowest BCUT2D eigenvalue weighted by molar-refractivity contribution is 0.192. The first-order valence-corrected chi connectivity index (χ1v) is 8.37. The van der Waals surface area contributed by atoms with Crippen LogP contribution in [0.2, 0.25) is 0 Å². The van der Waals surface area contributed by atoms with Crippen LogP contribution in [-0.2, 0) is 0 Å². The maximum Gasteiger partial charge on any atom is 0.183 e. The highest BCUT2D eigenvalue weighted by Crippen LogP contribution is 2.26. The maximum absolute atomic E-state index is 10.4. The summed E-state index contributed by atoms with van der Waals surface area (Å²) in [6.07, 6.45) is -0.563. The Morgan fingerprint density at radius 2 is 1.74 bits per heavy atom. The van der Waals surface area contributed by atoms with Crippen LogP contribution in [0.15, 0.2) is 66.7 Å². The van der Waals surface area contributed by atoms with Crippen molar-refractivity contribution in [3.63, 3.8) is 0 Å². The van der Waals surface area contributed by atoms with Crippen LogP contribution in [0.4, 0.5) is 5.13 Å². The zero-order valence-corrected chi connectivity index (χ0v) is 13.3. The summed E-state index contributed by atoms with van der Waals surface area (Å²) in [7, 11) is 0. The first kappa shape index (κ1) is 14.2. The fourth-order valence-corrected chi connectivity index (χ4v) is 3.54. The van der Waals surface area contributed by atoms with Crippen molar-refractivity contribution in [2.45, 2.75) is 6.10 Å². The van der Waals surface area contributed by atoms with E-state index < -0.39 is 6.10 Å². The number of rotatable bonds is 4. The maximum atomic E-state index is 10.4. The first-order chi connectivity index (χ1) is 11.3. The molecule has 3 aromatic carbocycles. The Morgan fingerprint density at radius 1 is 0.957 bits per heavy atom. The highest BCUT2D eigenvalue weighted by Gasteiger charge is 2.10. The topological polar surface area (TPSA) is 45.1 Å². The average Bonchev–Trinajstić information content (AvgIpc) is 3.02. The quantitative estimate of drug-likeness (QED) is 0.578. The van der Waals surface area contributed by atoms with E-state index in [1.165, 1.54) is 5.39 Å². The Balaban J connectivity index is 1.50. The van der Waals surface area contributed by atoms with E-state index in [9.17, 15) is 5.11 Å². The third kappa shape index (κ3) is 2.91. The van der Waals surface area contributed by atoms with Crippen LogP contribution in [0.1, 0.15) is 11.7 Å². The molecule has 23 heavy (non-hydrogen) atoms. The van der Waals surface area contributed by atoms with Crippen molar-refractivity contribution < 1.29 is 5.11 Å². The molecule has 0 unspecified atom stereocenters. The molecule has 4 rings (SSSR count). The molecule has 0 spiro atoms. The van der Waals surface area contributed by atoms with Crippen LogP contribution >= 0.6 is 11.3 Å².